The molecule has 0 fully saturated rings. The van der Waals surface area contributed by atoms with Crippen LogP contribution in [0.4, 0.5) is 11.6 Å². The van der Waals surface area contributed by atoms with Crippen LogP contribution < -0.4 is 10.5 Å². The van der Waals surface area contributed by atoms with E-state index in [1.807, 2.05) is 45.9 Å². The van der Waals surface area contributed by atoms with Crippen LogP contribution in [0.3, 0.4) is 0 Å². The lowest BCUT2D eigenvalue weighted by molar-refractivity contribution is 0.0775. The number of anilines is 1. The van der Waals surface area contributed by atoms with Gasteiger partial charge in [0.25, 0.3) is 11.8 Å². The largest absolute Gasteiger partial charge is 0.467 e. The van der Waals surface area contributed by atoms with Crippen LogP contribution in [0.2, 0.25) is 0 Å². The number of ether oxygens (including phenoxy) is 1. The summed E-state index contributed by atoms with van der Waals surface area (Å²) in [7, 11) is 1.74. The number of aryl methyl sites for hydroxylation is 1. The maximum Gasteiger partial charge on any atom is 0.305 e. The second-order valence-corrected chi connectivity index (χ2v) is 8.25. The Bertz CT molecular complexity index is 1260. The molecule has 0 radical (unpaired) electrons. The second-order valence-electron chi connectivity index (χ2n) is 8.25. The number of carbonyl (C=O) groups excluding carboxylic acids is 1. The van der Waals surface area contributed by atoms with Crippen molar-refractivity contribution in [2.75, 3.05) is 12.8 Å². The second kappa shape index (κ2) is 7.96. The quantitative estimate of drug-likeness (QED) is 0.582. The summed E-state index contributed by atoms with van der Waals surface area (Å²) in [6.45, 7) is 15.7. The number of nitrogen functional groups attached to an aromatic ring is 1. The fourth-order valence-electron chi connectivity index (χ4n) is 3.91. The molecule has 1 amide bonds. The van der Waals surface area contributed by atoms with Crippen LogP contribution in [0, 0.1) is 13.5 Å². The molecule has 0 saturated carbocycles. The van der Waals surface area contributed by atoms with Crippen molar-refractivity contribution in [3.63, 3.8) is 0 Å². The van der Waals surface area contributed by atoms with Crippen LogP contribution >= 0.6 is 0 Å². The molecule has 32 heavy (non-hydrogen) atoms. The number of hydrogen-bond acceptors (Lipinski definition) is 6. The van der Waals surface area contributed by atoms with Crippen LogP contribution in [0.1, 0.15) is 60.1 Å². The molecule has 0 spiro atoms. The predicted molar refractivity (Wildman–Crippen MR) is 120 cm³/mol. The van der Waals surface area contributed by atoms with Gasteiger partial charge in [0.2, 0.25) is 0 Å². The number of hydrogen-bond donors (Lipinski definition) is 1. The van der Waals surface area contributed by atoms with Crippen molar-refractivity contribution in [2.24, 2.45) is 0 Å². The van der Waals surface area contributed by atoms with Crippen molar-refractivity contribution in [1.29, 1.82) is 0 Å². The van der Waals surface area contributed by atoms with Crippen LogP contribution in [0.5, 0.6) is 5.88 Å². The van der Waals surface area contributed by atoms with Gasteiger partial charge >= 0.3 is 5.82 Å². The first-order chi connectivity index (χ1) is 15.2. The first-order valence-electron chi connectivity index (χ1n) is 10.4. The summed E-state index contributed by atoms with van der Waals surface area (Å²) in [6.07, 6.45) is 1.02. The van der Waals surface area contributed by atoms with E-state index in [0.717, 1.165) is 11.1 Å². The molecular formula is C23H25N7O2. The molecule has 1 aromatic carbocycles. The zero-order chi connectivity index (χ0) is 23.2. The lowest BCUT2D eigenvalue weighted by Crippen LogP contribution is -2.29. The van der Waals surface area contributed by atoms with E-state index in [2.05, 4.69) is 19.9 Å². The van der Waals surface area contributed by atoms with Crippen molar-refractivity contribution in [1.82, 2.24) is 24.6 Å². The smallest absolute Gasteiger partial charge is 0.305 e. The van der Waals surface area contributed by atoms with E-state index in [1.165, 1.54) is 6.20 Å². The number of fused-ring (bicyclic) bond motifs is 5. The highest BCUT2D eigenvalue weighted by molar-refractivity contribution is 5.96. The number of benzene rings is 1. The minimum absolute atomic E-state index is 0.0249. The molecule has 3 aromatic rings. The molecule has 164 valence electrons. The fraction of sp³-hybridized carbons (Fsp3) is 0.348. The first-order valence-corrected chi connectivity index (χ1v) is 10.4. The Labute approximate surface area is 186 Å². The summed E-state index contributed by atoms with van der Waals surface area (Å²) in [5.41, 5.74) is 10.0. The Hall–Kier alpha value is -3.93. The molecule has 3 heterocycles. The Morgan fingerprint density at radius 3 is 2.78 bits per heavy atom. The third kappa shape index (κ3) is 3.54. The van der Waals surface area contributed by atoms with E-state index in [-0.39, 0.29) is 36.0 Å². The summed E-state index contributed by atoms with van der Waals surface area (Å²) >= 11 is 0. The van der Waals surface area contributed by atoms with E-state index in [0.29, 0.717) is 22.5 Å². The normalized spacial score (nSPS) is 15.8. The summed E-state index contributed by atoms with van der Waals surface area (Å²) in [4.78, 5) is 27.6. The highest BCUT2D eigenvalue weighted by Crippen LogP contribution is 2.37. The molecule has 0 aliphatic carbocycles. The monoisotopic (exact) mass is 431 g/mol. The number of nitrogens with zero attached hydrogens (tertiary/aromatic N) is 6. The van der Waals surface area contributed by atoms with Gasteiger partial charge in [0.1, 0.15) is 6.10 Å². The SMILES string of the molecule is [C-]#[N+]c1nn(C(C)C)c2c1-c1cnc(N)c(n1)O[C@H](C)c1cc(C)ccc1C(=O)N(C)C2. The summed E-state index contributed by atoms with van der Waals surface area (Å²) in [5.74, 6) is 0.340. The van der Waals surface area contributed by atoms with Crippen molar-refractivity contribution in [3.05, 3.63) is 58.2 Å². The topological polar surface area (TPSA) is 104 Å². The zero-order valence-corrected chi connectivity index (χ0v) is 18.7. The van der Waals surface area contributed by atoms with Crippen LogP contribution in [0.25, 0.3) is 16.1 Å². The number of aromatic nitrogens is 4. The molecule has 2 bridgehead atoms. The Balaban J connectivity index is 2.01. The molecule has 9 nitrogen and oxygen atoms in total. The molecule has 9 heteroatoms. The average Bonchev–Trinajstić information content (AvgIpc) is 3.12. The number of amides is 1. The summed E-state index contributed by atoms with van der Waals surface area (Å²) in [6, 6.07) is 5.62. The predicted octanol–water partition coefficient (Wildman–Crippen LogP) is 4.09. The van der Waals surface area contributed by atoms with Gasteiger partial charge in [0, 0.05) is 18.2 Å². The number of nitrogens with two attached hydrogens (primary N) is 1. The number of rotatable bonds is 1. The Morgan fingerprint density at radius 1 is 1.34 bits per heavy atom. The van der Waals surface area contributed by atoms with Crippen molar-refractivity contribution >= 4 is 17.5 Å². The Kier molecular flexibility index (Phi) is 5.30. The minimum Gasteiger partial charge on any atom is -0.467 e. The standard InChI is InChI=1S/C23H25N7O2/c1-12(2)30-18-11-29(6)23(31)15-8-7-13(3)9-16(15)14(4)32-22-20(24)26-10-17(27-22)19(18)21(25-5)28-30/h7-10,12,14H,11H2,1-4,6H3,(H2,24,26)/t14-/m1/s1. The van der Waals surface area contributed by atoms with E-state index in [4.69, 9.17) is 17.0 Å². The van der Waals surface area contributed by atoms with Gasteiger partial charge in [0.15, 0.2) is 5.82 Å². The van der Waals surface area contributed by atoms with Gasteiger partial charge in [-0.15, -0.1) is 0 Å². The van der Waals surface area contributed by atoms with Crippen molar-refractivity contribution < 1.29 is 9.53 Å². The van der Waals surface area contributed by atoms with Crippen LogP contribution in [-0.4, -0.2) is 37.6 Å². The fourth-order valence-corrected chi connectivity index (χ4v) is 3.91. The van der Waals surface area contributed by atoms with E-state index >= 15 is 0 Å². The lowest BCUT2D eigenvalue weighted by atomic mass is 9.99. The van der Waals surface area contributed by atoms with Gasteiger partial charge in [-0.2, -0.15) is 4.68 Å². The van der Waals surface area contributed by atoms with Gasteiger partial charge < -0.3 is 20.2 Å². The number of carbonyl (C=O) groups is 1. The third-order valence-electron chi connectivity index (χ3n) is 5.51. The molecule has 4 rings (SSSR count). The average molecular weight is 432 g/mol. The van der Waals surface area contributed by atoms with Gasteiger partial charge in [0.05, 0.1) is 35.7 Å². The minimum atomic E-state index is -0.494. The molecular weight excluding hydrogens is 406 g/mol. The van der Waals surface area contributed by atoms with Crippen LogP contribution in [0.15, 0.2) is 24.4 Å². The lowest BCUT2D eigenvalue weighted by Gasteiger charge is -2.24. The molecule has 1 atom stereocenters. The molecule has 1 aliphatic heterocycles. The molecule has 2 aromatic heterocycles. The summed E-state index contributed by atoms with van der Waals surface area (Å²) in [5, 5.41) is 4.49. The maximum absolute atomic E-state index is 13.5. The van der Waals surface area contributed by atoms with E-state index in [1.54, 1.807) is 16.6 Å². The first kappa shape index (κ1) is 21.3. The van der Waals surface area contributed by atoms with Crippen molar-refractivity contribution in [3.8, 4) is 17.1 Å². The van der Waals surface area contributed by atoms with E-state index < -0.39 is 6.10 Å². The van der Waals surface area contributed by atoms with Gasteiger partial charge in [-0.05, 0) is 38.9 Å². The molecule has 2 N–H and O–H groups in total. The molecule has 0 unspecified atom stereocenters. The molecule has 1 aliphatic rings. The zero-order valence-electron chi connectivity index (χ0n) is 18.7. The Morgan fingerprint density at radius 2 is 2.09 bits per heavy atom. The van der Waals surface area contributed by atoms with Crippen molar-refractivity contribution in [2.45, 2.75) is 46.4 Å². The van der Waals surface area contributed by atoms with Gasteiger partial charge in [-0.1, -0.05) is 24.3 Å². The third-order valence-corrected chi connectivity index (χ3v) is 5.51. The highest BCUT2D eigenvalue weighted by Gasteiger charge is 2.29. The summed E-state index contributed by atoms with van der Waals surface area (Å²) < 4.78 is 7.85. The van der Waals surface area contributed by atoms with Gasteiger partial charge in [-0.3, -0.25) is 4.79 Å². The maximum atomic E-state index is 13.5. The van der Waals surface area contributed by atoms with Gasteiger partial charge in [-0.25, -0.2) is 9.97 Å². The van der Waals surface area contributed by atoms with E-state index in [9.17, 15) is 4.79 Å². The highest BCUT2D eigenvalue weighted by atomic mass is 16.5. The van der Waals surface area contributed by atoms with Crippen LogP contribution in [-0.2, 0) is 6.54 Å². The molecule has 0 saturated heterocycles.